The number of ether oxygens (including phenoxy) is 1. The fourth-order valence-electron chi connectivity index (χ4n) is 2.20. The van der Waals surface area contributed by atoms with Crippen molar-refractivity contribution in [2.45, 2.75) is 6.61 Å². The average Bonchev–Trinajstić information content (AvgIpc) is 2.65. The number of hydrogen-bond donors (Lipinski definition) is 1. The number of carbonyl (C=O) groups is 1. The zero-order chi connectivity index (χ0) is 18.5. The van der Waals surface area contributed by atoms with Crippen molar-refractivity contribution in [3.63, 3.8) is 0 Å². The van der Waals surface area contributed by atoms with Gasteiger partial charge in [-0.15, -0.1) is 0 Å². The van der Waals surface area contributed by atoms with E-state index in [1.807, 2.05) is 6.07 Å². The van der Waals surface area contributed by atoms with Crippen LogP contribution in [0.5, 0.6) is 5.75 Å². The van der Waals surface area contributed by atoms with Crippen molar-refractivity contribution in [2.24, 2.45) is 0 Å². The highest BCUT2D eigenvalue weighted by Crippen LogP contribution is 2.24. The molecule has 0 radical (unpaired) electrons. The first-order valence-corrected chi connectivity index (χ1v) is 8.75. The molecule has 1 aromatic heterocycles. The van der Waals surface area contributed by atoms with Gasteiger partial charge in [0.25, 0.3) is 5.91 Å². The Bertz CT molecular complexity index is 948. The first kappa shape index (κ1) is 18.5. The van der Waals surface area contributed by atoms with Gasteiger partial charge in [0.1, 0.15) is 12.4 Å². The van der Waals surface area contributed by atoms with Crippen LogP contribution in [0.15, 0.2) is 60.8 Å². The lowest BCUT2D eigenvalue weighted by Crippen LogP contribution is -2.12. The molecule has 0 bridgehead atoms. The molecule has 0 unspecified atom stereocenters. The van der Waals surface area contributed by atoms with Gasteiger partial charge in [-0.25, -0.2) is 4.98 Å². The van der Waals surface area contributed by atoms with Crippen LogP contribution in [0.4, 0.5) is 5.69 Å². The van der Waals surface area contributed by atoms with E-state index in [0.29, 0.717) is 33.7 Å². The maximum absolute atomic E-state index is 12.4. The predicted molar refractivity (Wildman–Crippen MR) is 104 cm³/mol. The van der Waals surface area contributed by atoms with E-state index in [-0.39, 0.29) is 11.1 Å². The Morgan fingerprint density at radius 2 is 1.85 bits per heavy atom. The highest BCUT2D eigenvalue weighted by Gasteiger charge is 2.10. The van der Waals surface area contributed by atoms with Gasteiger partial charge in [0.2, 0.25) is 0 Å². The van der Waals surface area contributed by atoms with Gasteiger partial charge in [-0.05, 0) is 48.0 Å². The van der Waals surface area contributed by atoms with Gasteiger partial charge in [-0.1, -0.05) is 46.9 Å². The summed E-state index contributed by atoms with van der Waals surface area (Å²) in [5.74, 6) is 0.251. The average molecular weight is 408 g/mol. The van der Waals surface area contributed by atoms with Gasteiger partial charge >= 0.3 is 0 Å². The summed E-state index contributed by atoms with van der Waals surface area (Å²) >= 11 is 17.9. The molecule has 1 heterocycles. The molecule has 7 heteroatoms. The number of anilines is 1. The van der Waals surface area contributed by atoms with Crippen LogP contribution in [0.1, 0.15) is 15.9 Å². The molecule has 2 aromatic carbocycles. The van der Waals surface area contributed by atoms with Crippen molar-refractivity contribution in [3.8, 4) is 5.75 Å². The molecule has 1 N–H and O–H groups in total. The van der Waals surface area contributed by atoms with E-state index in [0.717, 1.165) is 5.56 Å². The molecule has 26 heavy (non-hydrogen) atoms. The fraction of sp³-hybridized carbons (Fsp3) is 0.0526. The van der Waals surface area contributed by atoms with E-state index in [1.165, 1.54) is 0 Å². The van der Waals surface area contributed by atoms with Crippen LogP contribution in [0.25, 0.3) is 0 Å². The summed E-state index contributed by atoms with van der Waals surface area (Å²) in [6, 6.07) is 15.5. The molecule has 0 saturated carbocycles. The van der Waals surface area contributed by atoms with Crippen molar-refractivity contribution in [1.29, 1.82) is 0 Å². The summed E-state index contributed by atoms with van der Waals surface area (Å²) in [7, 11) is 0. The van der Waals surface area contributed by atoms with Crippen LogP contribution in [0.3, 0.4) is 0 Å². The van der Waals surface area contributed by atoms with Crippen LogP contribution >= 0.6 is 34.8 Å². The Morgan fingerprint density at radius 1 is 1.00 bits per heavy atom. The van der Waals surface area contributed by atoms with E-state index in [1.54, 1.807) is 54.7 Å². The Kier molecular flexibility index (Phi) is 5.99. The molecule has 0 fully saturated rings. The molecule has 4 nitrogen and oxygen atoms in total. The third kappa shape index (κ3) is 4.67. The van der Waals surface area contributed by atoms with Crippen molar-refractivity contribution in [2.75, 3.05) is 5.32 Å². The number of hydrogen-bond acceptors (Lipinski definition) is 3. The second kappa shape index (κ2) is 8.41. The van der Waals surface area contributed by atoms with E-state index in [4.69, 9.17) is 39.5 Å². The van der Waals surface area contributed by atoms with Gasteiger partial charge in [0, 0.05) is 11.8 Å². The fourth-order valence-corrected chi connectivity index (χ4v) is 2.68. The molecule has 1 amide bonds. The minimum atomic E-state index is -0.306. The summed E-state index contributed by atoms with van der Waals surface area (Å²) < 4.78 is 5.73. The minimum absolute atomic E-state index is 0.230. The molecule has 0 aliphatic carbocycles. The van der Waals surface area contributed by atoms with Gasteiger partial charge in [-0.2, -0.15) is 0 Å². The number of nitrogens with zero attached hydrogens (tertiary/aromatic N) is 1. The number of nitrogens with one attached hydrogen (secondary N) is 1. The highest BCUT2D eigenvalue weighted by atomic mass is 35.5. The Hall–Kier alpha value is -2.27. The van der Waals surface area contributed by atoms with E-state index in [9.17, 15) is 4.79 Å². The molecule has 0 aliphatic rings. The third-order valence-electron chi connectivity index (χ3n) is 3.49. The lowest BCUT2D eigenvalue weighted by Gasteiger charge is -2.10. The number of aromatic nitrogens is 1. The van der Waals surface area contributed by atoms with Crippen molar-refractivity contribution in [1.82, 2.24) is 4.98 Å². The molecular weight excluding hydrogens is 395 g/mol. The quantitative estimate of drug-likeness (QED) is 0.538. The van der Waals surface area contributed by atoms with Gasteiger partial charge in [-0.3, -0.25) is 4.79 Å². The maximum Gasteiger partial charge on any atom is 0.255 e. The maximum atomic E-state index is 12.4. The number of halogens is 3. The zero-order valence-corrected chi connectivity index (χ0v) is 15.6. The predicted octanol–water partition coefficient (Wildman–Crippen LogP) is 5.87. The molecule has 0 saturated heterocycles. The number of rotatable bonds is 5. The van der Waals surface area contributed by atoms with Crippen molar-refractivity contribution >= 4 is 46.4 Å². The van der Waals surface area contributed by atoms with E-state index in [2.05, 4.69) is 10.3 Å². The lowest BCUT2D eigenvalue weighted by atomic mass is 10.2. The number of benzene rings is 2. The van der Waals surface area contributed by atoms with Crippen molar-refractivity contribution < 1.29 is 9.53 Å². The standard InChI is InChI=1S/C19H13Cl3N2O2/c20-15-7-6-12(9-16(15)21)11-26-14-4-1-3-13(10-14)19(25)24-17-5-2-8-23-18(17)22/h1-10H,11H2,(H,24,25). The SMILES string of the molecule is O=C(Nc1cccnc1Cl)c1cccc(OCc2ccc(Cl)c(Cl)c2)c1. The number of amides is 1. The topological polar surface area (TPSA) is 51.2 Å². The first-order chi connectivity index (χ1) is 12.5. The lowest BCUT2D eigenvalue weighted by molar-refractivity contribution is 0.102. The smallest absolute Gasteiger partial charge is 0.255 e. The molecular formula is C19H13Cl3N2O2. The summed E-state index contributed by atoms with van der Waals surface area (Å²) in [4.78, 5) is 16.3. The van der Waals surface area contributed by atoms with Crippen LogP contribution in [-0.2, 0) is 6.61 Å². The van der Waals surface area contributed by atoms with Crippen LogP contribution < -0.4 is 10.1 Å². The monoisotopic (exact) mass is 406 g/mol. The second-order valence-electron chi connectivity index (χ2n) is 5.36. The van der Waals surface area contributed by atoms with Gasteiger partial charge in [0.05, 0.1) is 15.7 Å². The highest BCUT2D eigenvalue weighted by molar-refractivity contribution is 6.42. The van der Waals surface area contributed by atoms with E-state index >= 15 is 0 Å². The summed E-state index contributed by atoms with van der Waals surface area (Å²) in [5.41, 5.74) is 1.76. The molecule has 132 valence electrons. The van der Waals surface area contributed by atoms with Gasteiger partial charge in [0.15, 0.2) is 5.15 Å². The summed E-state index contributed by atoms with van der Waals surface area (Å²) in [6.07, 6.45) is 1.55. The Labute approximate surface area is 165 Å². The second-order valence-corrected chi connectivity index (χ2v) is 6.53. The van der Waals surface area contributed by atoms with Crippen LogP contribution in [-0.4, -0.2) is 10.9 Å². The van der Waals surface area contributed by atoms with Crippen LogP contribution in [0.2, 0.25) is 15.2 Å². The van der Waals surface area contributed by atoms with Gasteiger partial charge < -0.3 is 10.1 Å². The summed E-state index contributed by atoms with van der Waals surface area (Å²) in [6.45, 7) is 0.302. The summed E-state index contributed by atoms with van der Waals surface area (Å²) in [5, 5.41) is 3.91. The molecule has 3 rings (SSSR count). The number of pyridine rings is 1. The first-order valence-electron chi connectivity index (χ1n) is 7.61. The normalized spacial score (nSPS) is 10.4. The zero-order valence-electron chi connectivity index (χ0n) is 13.4. The Morgan fingerprint density at radius 3 is 2.62 bits per heavy atom. The van der Waals surface area contributed by atoms with E-state index < -0.39 is 0 Å². The molecule has 0 spiro atoms. The van der Waals surface area contributed by atoms with Crippen molar-refractivity contribution in [3.05, 3.63) is 87.1 Å². The molecule has 0 aliphatic heterocycles. The number of carbonyl (C=O) groups excluding carboxylic acids is 1. The largest absolute Gasteiger partial charge is 0.489 e. The molecule has 3 aromatic rings. The minimum Gasteiger partial charge on any atom is -0.489 e. The van der Waals surface area contributed by atoms with Crippen LogP contribution in [0, 0.1) is 0 Å². The third-order valence-corrected chi connectivity index (χ3v) is 4.53. The Balaban J connectivity index is 1.68. The molecule has 0 atom stereocenters.